The number of aromatic amines is 1. The van der Waals surface area contributed by atoms with Crippen molar-refractivity contribution < 1.29 is 4.79 Å². The van der Waals surface area contributed by atoms with Gasteiger partial charge in [-0.05, 0) is 12.8 Å². The number of nitrogens with zero attached hydrogens (tertiary/aromatic N) is 2. The highest BCUT2D eigenvalue weighted by atomic mass is 32.1. The number of H-pyrrole nitrogens is 1. The summed E-state index contributed by atoms with van der Waals surface area (Å²) in [5.74, 6) is 0.198. The van der Waals surface area contributed by atoms with E-state index >= 15 is 0 Å². The van der Waals surface area contributed by atoms with Crippen molar-refractivity contribution >= 4 is 22.9 Å². The van der Waals surface area contributed by atoms with Gasteiger partial charge < -0.3 is 11.1 Å². The van der Waals surface area contributed by atoms with Crippen molar-refractivity contribution in [1.82, 2.24) is 20.5 Å². The van der Waals surface area contributed by atoms with Gasteiger partial charge in [-0.1, -0.05) is 0 Å². The molecule has 1 saturated carbocycles. The number of anilines is 1. The van der Waals surface area contributed by atoms with Gasteiger partial charge in [-0.2, -0.15) is 5.10 Å². The minimum Gasteiger partial charge on any atom is -0.395 e. The first-order valence-electron chi connectivity index (χ1n) is 5.76. The lowest BCUT2D eigenvalue weighted by atomic mass is 10.2. The van der Waals surface area contributed by atoms with Crippen LogP contribution in [0, 0.1) is 0 Å². The summed E-state index contributed by atoms with van der Waals surface area (Å²) in [4.78, 5) is 16.0. The minimum atomic E-state index is -0.258. The number of hydrogen-bond acceptors (Lipinski definition) is 5. The number of nitrogens with one attached hydrogen (secondary N) is 2. The Hall–Kier alpha value is -1.89. The van der Waals surface area contributed by atoms with Crippen molar-refractivity contribution in [1.29, 1.82) is 0 Å². The van der Waals surface area contributed by atoms with E-state index in [2.05, 4.69) is 20.5 Å². The summed E-state index contributed by atoms with van der Waals surface area (Å²) in [6, 6.07) is 0. The van der Waals surface area contributed by atoms with E-state index in [9.17, 15) is 4.79 Å². The molecule has 6 nitrogen and oxygen atoms in total. The van der Waals surface area contributed by atoms with Gasteiger partial charge in [-0.3, -0.25) is 9.89 Å². The van der Waals surface area contributed by atoms with Crippen molar-refractivity contribution in [2.45, 2.75) is 25.3 Å². The third kappa shape index (κ3) is 2.08. The molecule has 7 heteroatoms. The summed E-state index contributed by atoms with van der Waals surface area (Å²) < 4.78 is 0. The average molecular weight is 263 g/mol. The highest BCUT2D eigenvalue weighted by Crippen LogP contribution is 2.42. The molecule has 1 aliphatic rings. The van der Waals surface area contributed by atoms with E-state index in [1.807, 2.05) is 5.38 Å². The quantitative estimate of drug-likeness (QED) is 0.773. The molecule has 0 unspecified atom stereocenters. The van der Waals surface area contributed by atoms with E-state index in [-0.39, 0.29) is 11.6 Å². The Morgan fingerprint density at radius 3 is 3.11 bits per heavy atom. The second-order valence-electron chi connectivity index (χ2n) is 4.28. The van der Waals surface area contributed by atoms with Gasteiger partial charge in [0.15, 0.2) is 5.69 Å². The maximum Gasteiger partial charge on any atom is 0.274 e. The van der Waals surface area contributed by atoms with Gasteiger partial charge in [-0.15, -0.1) is 11.3 Å². The molecule has 0 atom stereocenters. The number of nitrogens with two attached hydrogens (primary N) is 1. The lowest BCUT2D eigenvalue weighted by Crippen LogP contribution is -2.24. The van der Waals surface area contributed by atoms with Crippen LogP contribution in [0.2, 0.25) is 0 Å². The van der Waals surface area contributed by atoms with Crippen LogP contribution in [0.4, 0.5) is 5.69 Å². The van der Waals surface area contributed by atoms with E-state index in [1.54, 1.807) is 6.20 Å². The van der Waals surface area contributed by atoms with Crippen molar-refractivity contribution in [3.8, 4) is 0 Å². The molecular formula is C11H13N5OS. The first-order chi connectivity index (χ1) is 8.75. The smallest absolute Gasteiger partial charge is 0.274 e. The zero-order valence-electron chi connectivity index (χ0n) is 9.64. The summed E-state index contributed by atoms with van der Waals surface area (Å²) >= 11 is 1.50. The van der Waals surface area contributed by atoms with E-state index in [1.165, 1.54) is 11.3 Å². The third-order valence-corrected chi connectivity index (χ3v) is 3.70. The summed E-state index contributed by atoms with van der Waals surface area (Å²) in [5, 5.41) is 12.4. The van der Waals surface area contributed by atoms with Gasteiger partial charge >= 0.3 is 0 Å². The number of amides is 1. The first kappa shape index (κ1) is 11.2. The fraction of sp³-hybridized carbons (Fsp3) is 0.364. The van der Waals surface area contributed by atoms with Gasteiger partial charge in [0.1, 0.15) is 5.01 Å². The third-order valence-electron chi connectivity index (χ3n) is 2.92. The zero-order chi connectivity index (χ0) is 12.5. The molecule has 94 valence electrons. The topological polar surface area (TPSA) is 96.7 Å². The molecule has 2 heterocycles. The number of aromatic nitrogens is 3. The molecule has 4 N–H and O–H groups in total. The summed E-state index contributed by atoms with van der Waals surface area (Å²) in [6.07, 6.45) is 3.94. The molecule has 1 amide bonds. The Kier molecular flexibility index (Phi) is 2.75. The molecule has 1 aliphatic carbocycles. The molecule has 1 fully saturated rings. The van der Waals surface area contributed by atoms with E-state index < -0.39 is 0 Å². The number of hydrogen-bond donors (Lipinski definition) is 3. The molecule has 0 bridgehead atoms. The Labute approximate surface area is 108 Å². The standard InChI is InChI=1S/C11H13N5OS/c12-8-9(6-1-2-6)15-16-10(8)11(17)14-5-7-13-3-4-18-7/h3-4,6H,1-2,5,12H2,(H,14,17)(H,15,16). The Bertz CT molecular complexity index is 558. The number of carbonyl (C=O) groups excluding carboxylic acids is 1. The molecule has 0 aromatic carbocycles. The predicted octanol–water partition coefficient (Wildman–Crippen LogP) is 1.26. The van der Waals surface area contributed by atoms with E-state index in [0.717, 1.165) is 23.5 Å². The predicted molar refractivity (Wildman–Crippen MR) is 68.3 cm³/mol. The molecule has 2 aromatic rings. The molecule has 3 rings (SSSR count). The number of carbonyl (C=O) groups is 1. The largest absolute Gasteiger partial charge is 0.395 e. The highest BCUT2D eigenvalue weighted by Gasteiger charge is 2.30. The van der Waals surface area contributed by atoms with Gasteiger partial charge in [0.2, 0.25) is 0 Å². The molecule has 2 aromatic heterocycles. The van der Waals surface area contributed by atoms with Crippen molar-refractivity contribution in [2.24, 2.45) is 0 Å². The summed E-state index contributed by atoms with van der Waals surface area (Å²) in [5.41, 5.74) is 7.59. The van der Waals surface area contributed by atoms with Crippen LogP contribution in [-0.2, 0) is 6.54 Å². The SMILES string of the molecule is Nc1c(C(=O)NCc2nccs2)n[nH]c1C1CC1. The second-order valence-corrected chi connectivity index (χ2v) is 5.26. The molecule has 0 aliphatic heterocycles. The van der Waals surface area contributed by atoms with Gasteiger partial charge in [0.05, 0.1) is 17.9 Å². The molecular weight excluding hydrogens is 250 g/mol. The van der Waals surface area contributed by atoms with Crippen molar-refractivity contribution in [3.05, 3.63) is 28.0 Å². The maximum absolute atomic E-state index is 11.9. The number of rotatable bonds is 4. The zero-order valence-corrected chi connectivity index (χ0v) is 10.5. The van der Waals surface area contributed by atoms with Crippen LogP contribution in [0.15, 0.2) is 11.6 Å². The molecule has 18 heavy (non-hydrogen) atoms. The van der Waals surface area contributed by atoms with Crippen molar-refractivity contribution in [3.63, 3.8) is 0 Å². The van der Waals surface area contributed by atoms with E-state index in [0.29, 0.717) is 18.2 Å². The highest BCUT2D eigenvalue weighted by molar-refractivity contribution is 7.09. The second kappa shape index (κ2) is 4.41. The Morgan fingerprint density at radius 2 is 2.44 bits per heavy atom. The summed E-state index contributed by atoms with van der Waals surface area (Å²) in [7, 11) is 0. The van der Waals surface area contributed by atoms with Crippen LogP contribution < -0.4 is 11.1 Å². The van der Waals surface area contributed by atoms with Crippen molar-refractivity contribution in [2.75, 3.05) is 5.73 Å². The van der Waals surface area contributed by atoms with Crippen LogP contribution >= 0.6 is 11.3 Å². The molecule has 0 radical (unpaired) electrons. The van der Waals surface area contributed by atoms with Crippen LogP contribution in [0.5, 0.6) is 0 Å². The van der Waals surface area contributed by atoms with Crippen LogP contribution in [-0.4, -0.2) is 21.1 Å². The Morgan fingerprint density at radius 1 is 1.61 bits per heavy atom. The molecule has 0 spiro atoms. The summed E-state index contributed by atoms with van der Waals surface area (Å²) in [6.45, 7) is 0.404. The monoisotopic (exact) mass is 263 g/mol. The van der Waals surface area contributed by atoms with Crippen LogP contribution in [0.3, 0.4) is 0 Å². The lowest BCUT2D eigenvalue weighted by molar-refractivity contribution is 0.0946. The maximum atomic E-state index is 11.9. The normalized spacial score (nSPS) is 14.7. The number of thiazole rings is 1. The van der Waals surface area contributed by atoms with Gasteiger partial charge in [0.25, 0.3) is 5.91 Å². The fourth-order valence-corrected chi connectivity index (χ4v) is 2.36. The minimum absolute atomic E-state index is 0.258. The van der Waals surface area contributed by atoms with Gasteiger partial charge in [0, 0.05) is 17.5 Å². The van der Waals surface area contributed by atoms with E-state index in [4.69, 9.17) is 5.73 Å². The number of nitrogen functional groups attached to an aromatic ring is 1. The van der Waals surface area contributed by atoms with Gasteiger partial charge in [-0.25, -0.2) is 4.98 Å². The lowest BCUT2D eigenvalue weighted by Gasteiger charge is -2.01. The Balaban J connectivity index is 1.68. The fourth-order valence-electron chi connectivity index (χ4n) is 1.80. The van der Waals surface area contributed by atoms with Crippen LogP contribution in [0.25, 0.3) is 0 Å². The average Bonchev–Trinajstić information content (AvgIpc) is 2.93. The van der Waals surface area contributed by atoms with Crippen LogP contribution in [0.1, 0.15) is 39.9 Å². The first-order valence-corrected chi connectivity index (χ1v) is 6.64. The molecule has 0 saturated heterocycles.